The second kappa shape index (κ2) is 4.95. The smallest absolute Gasteiger partial charge is 0.288 e. The second-order valence-electron chi connectivity index (χ2n) is 1.90. The van der Waals surface area contributed by atoms with Crippen LogP contribution < -0.4 is 11.0 Å². The lowest BCUT2D eigenvalue weighted by Gasteiger charge is -1.96. The summed E-state index contributed by atoms with van der Waals surface area (Å²) in [5.74, 6) is -5.37. The molecule has 0 aromatic heterocycles. The van der Waals surface area contributed by atoms with E-state index >= 15 is 0 Å². The number of hydrogen-bond acceptors (Lipinski definition) is 6. The Morgan fingerprint density at radius 2 is 1.15 bits per heavy atom. The highest BCUT2D eigenvalue weighted by Crippen LogP contribution is 1.86. The van der Waals surface area contributed by atoms with Crippen LogP contribution in [0.3, 0.4) is 0 Å². The molecule has 0 aliphatic heterocycles. The third-order valence-corrected chi connectivity index (χ3v) is 1.03. The van der Waals surface area contributed by atoms with Crippen molar-refractivity contribution in [3.05, 3.63) is 0 Å². The first kappa shape index (κ1) is 11.2. The Bertz CT molecular complexity index is 234. The number of carbonyl (C=O) groups excluding carboxylic acids is 4. The van der Waals surface area contributed by atoms with Crippen molar-refractivity contribution in [3.63, 3.8) is 0 Å². The van der Waals surface area contributed by atoms with Gasteiger partial charge in [0, 0.05) is 0 Å². The lowest BCUT2D eigenvalue weighted by Crippen LogP contribution is -2.34. The summed E-state index contributed by atoms with van der Waals surface area (Å²) in [4.78, 5) is 41.7. The fourth-order valence-corrected chi connectivity index (χ4v) is 0.431. The number of amides is 2. The average Bonchev–Trinajstić information content (AvgIpc) is 2.14. The number of rotatable bonds is 4. The first-order valence-electron chi connectivity index (χ1n) is 2.97. The summed E-state index contributed by atoms with van der Waals surface area (Å²) >= 11 is 0. The zero-order valence-electron chi connectivity index (χ0n) is 6.23. The minimum Gasteiger partial charge on any atom is -0.288 e. The molecule has 0 aliphatic carbocycles. The van der Waals surface area contributed by atoms with E-state index in [-0.39, 0.29) is 0 Å². The van der Waals surface area contributed by atoms with E-state index in [9.17, 15) is 19.2 Å². The van der Waals surface area contributed by atoms with Crippen molar-refractivity contribution in [1.82, 2.24) is 11.0 Å². The van der Waals surface area contributed by atoms with Gasteiger partial charge < -0.3 is 0 Å². The molecule has 2 amide bonds. The summed E-state index contributed by atoms with van der Waals surface area (Å²) in [5.41, 5.74) is 1.98. The molecule has 0 radical (unpaired) electrons. The third-order valence-electron chi connectivity index (χ3n) is 1.03. The predicted molar refractivity (Wildman–Crippen MR) is 34.5 cm³/mol. The minimum absolute atomic E-state index is 0.992. The Kier molecular flexibility index (Phi) is 4.27. The van der Waals surface area contributed by atoms with Crippen molar-refractivity contribution >= 4 is 23.4 Å². The van der Waals surface area contributed by atoms with E-state index in [1.807, 2.05) is 0 Å². The van der Waals surface area contributed by atoms with Crippen LogP contribution >= 0.6 is 0 Å². The van der Waals surface area contributed by atoms with E-state index in [0.29, 0.717) is 0 Å². The predicted octanol–water partition coefficient (Wildman–Crippen LogP) is -2.47. The van der Waals surface area contributed by atoms with Gasteiger partial charge in [0.2, 0.25) is 11.6 Å². The average molecular weight is 190 g/mol. The first-order valence-corrected chi connectivity index (χ1v) is 2.97. The van der Waals surface area contributed by atoms with Crippen LogP contribution in [0.4, 0.5) is 0 Å². The molecule has 0 spiro atoms. The molecule has 0 saturated carbocycles. The molecule has 0 saturated heterocycles. The molecule has 0 bridgehead atoms. The molecule has 0 aromatic rings. The van der Waals surface area contributed by atoms with Gasteiger partial charge in [-0.1, -0.05) is 0 Å². The van der Waals surface area contributed by atoms with Crippen LogP contribution in [-0.2, 0) is 19.2 Å². The van der Waals surface area contributed by atoms with Gasteiger partial charge in [-0.05, 0) is 0 Å². The summed E-state index contributed by atoms with van der Waals surface area (Å²) in [7, 11) is 0. The molecule has 0 fully saturated rings. The summed E-state index contributed by atoms with van der Waals surface area (Å²) in [6.07, 6.45) is -1.02. The van der Waals surface area contributed by atoms with E-state index in [1.165, 1.54) is 0 Å². The Balaban J connectivity index is 4.15. The molecule has 0 aliphatic rings. The summed E-state index contributed by atoms with van der Waals surface area (Å²) in [6.45, 7) is 0. The van der Waals surface area contributed by atoms with Gasteiger partial charge in [0.25, 0.3) is 0 Å². The van der Waals surface area contributed by atoms with Crippen molar-refractivity contribution in [2.75, 3.05) is 0 Å². The third kappa shape index (κ3) is 3.40. The van der Waals surface area contributed by atoms with Gasteiger partial charge in [-0.25, -0.2) is 11.0 Å². The Morgan fingerprint density at radius 3 is 1.38 bits per heavy atom. The fraction of sp³-hybridized carbons (Fsp3) is 0.200. The zero-order chi connectivity index (χ0) is 10.4. The van der Waals surface area contributed by atoms with Crippen LogP contribution in [0.2, 0.25) is 0 Å². The lowest BCUT2D eigenvalue weighted by atomic mass is 10.2. The fourth-order valence-electron chi connectivity index (χ4n) is 0.431. The van der Waals surface area contributed by atoms with Gasteiger partial charge >= 0.3 is 11.8 Å². The first-order chi connectivity index (χ1) is 6.02. The van der Waals surface area contributed by atoms with E-state index in [2.05, 4.69) is 0 Å². The van der Waals surface area contributed by atoms with Gasteiger partial charge in [-0.15, -0.1) is 0 Å². The van der Waals surface area contributed by atoms with Gasteiger partial charge in [0.15, 0.2) is 0 Å². The monoisotopic (exact) mass is 190 g/mol. The highest BCUT2D eigenvalue weighted by atomic mass is 16.5. The molecule has 72 valence electrons. The number of nitrogens with one attached hydrogen (secondary N) is 2. The Labute approximate surface area is 71.4 Å². The van der Waals surface area contributed by atoms with Crippen molar-refractivity contribution in [3.8, 4) is 0 Å². The van der Waals surface area contributed by atoms with Crippen LogP contribution in [0.5, 0.6) is 0 Å². The van der Waals surface area contributed by atoms with Gasteiger partial charge in [-0.3, -0.25) is 29.6 Å². The molecule has 0 heterocycles. The molecule has 8 heteroatoms. The lowest BCUT2D eigenvalue weighted by molar-refractivity contribution is -0.148. The minimum atomic E-state index is -1.40. The Hall–Kier alpha value is -1.80. The van der Waals surface area contributed by atoms with Crippen molar-refractivity contribution in [2.24, 2.45) is 0 Å². The number of hydroxylamine groups is 2. The number of ketones is 2. The molecule has 0 unspecified atom stereocenters. The van der Waals surface area contributed by atoms with Crippen molar-refractivity contribution in [1.29, 1.82) is 0 Å². The van der Waals surface area contributed by atoms with E-state index in [0.717, 1.165) is 11.0 Å². The van der Waals surface area contributed by atoms with Crippen molar-refractivity contribution in [2.45, 2.75) is 6.42 Å². The van der Waals surface area contributed by atoms with Crippen LogP contribution in [0, 0.1) is 0 Å². The molecule has 0 atom stereocenters. The maximum atomic E-state index is 10.6. The molecule has 13 heavy (non-hydrogen) atoms. The second-order valence-corrected chi connectivity index (χ2v) is 1.90. The van der Waals surface area contributed by atoms with E-state index in [4.69, 9.17) is 10.4 Å². The summed E-state index contributed by atoms with van der Waals surface area (Å²) in [5, 5.41) is 15.9. The molecular weight excluding hydrogens is 184 g/mol. The van der Waals surface area contributed by atoms with Crippen LogP contribution in [0.25, 0.3) is 0 Å². The van der Waals surface area contributed by atoms with Crippen LogP contribution in [-0.4, -0.2) is 33.8 Å². The summed E-state index contributed by atoms with van der Waals surface area (Å²) in [6, 6.07) is 0. The number of Topliss-reactive ketones (excluding diaryl/α,β-unsaturated/α-hetero) is 2. The van der Waals surface area contributed by atoms with Gasteiger partial charge in [-0.2, -0.15) is 0 Å². The highest BCUT2D eigenvalue weighted by molar-refractivity contribution is 6.47. The van der Waals surface area contributed by atoms with E-state index in [1.54, 1.807) is 0 Å². The molecular formula is C5H6N2O6. The normalized spacial score (nSPS) is 8.77. The van der Waals surface area contributed by atoms with Crippen molar-refractivity contribution < 1.29 is 29.6 Å². The molecule has 0 rings (SSSR count). The quantitative estimate of drug-likeness (QED) is 0.168. The number of hydrogen-bond donors (Lipinski definition) is 4. The van der Waals surface area contributed by atoms with Gasteiger partial charge in [0.05, 0.1) is 6.42 Å². The topological polar surface area (TPSA) is 133 Å². The largest absolute Gasteiger partial charge is 0.311 e. The van der Waals surface area contributed by atoms with Crippen LogP contribution in [0.1, 0.15) is 6.42 Å². The Morgan fingerprint density at radius 1 is 0.846 bits per heavy atom. The number of carbonyl (C=O) groups is 4. The van der Waals surface area contributed by atoms with Crippen LogP contribution in [0.15, 0.2) is 0 Å². The standard InChI is InChI=1S/C5H6N2O6/c8-2(4(10)6-12)1-3(9)5(11)7-13/h12-13H,1H2,(H,6,10)(H,7,11). The molecule has 4 N–H and O–H groups in total. The maximum Gasteiger partial charge on any atom is 0.311 e. The highest BCUT2D eigenvalue weighted by Gasteiger charge is 2.21. The van der Waals surface area contributed by atoms with Gasteiger partial charge in [0.1, 0.15) is 0 Å². The van der Waals surface area contributed by atoms with E-state index < -0.39 is 29.8 Å². The molecule has 0 aromatic carbocycles. The molecule has 8 nitrogen and oxygen atoms in total. The zero-order valence-corrected chi connectivity index (χ0v) is 6.23. The summed E-state index contributed by atoms with van der Waals surface area (Å²) < 4.78 is 0. The SMILES string of the molecule is O=C(CC(=O)C(=O)NO)C(=O)NO. The maximum absolute atomic E-state index is 10.6.